The van der Waals surface area contributed by atoms with Crippen molar-refractivity contribution in [1.29, 1.82) is 0 Å². The Balaban J connectivity index is 3.44. The van der Waals surface area contributed by atoms with E-state index in [9.17, 15) is 0 Å². The Morgan fingerprint density at radius 2 is 1.93 bits per heavy atom. The second-order valence-corrected chi connectivity index (χ2v) is 3.85. The lowest BCUT2D eigenvalue weighted by Crippen LogP contribution is -2.28. The fourth-order valence-electron chi connectivity index (χ4n) is 1.23. The predicted molar refractivity (Wildman–Crippen MR) is 62.1 cm³/mol. The molecule has 0 aliphatic carbocycles. The molecule has 0 saturated heterocycles. The van der Waals surface area contributed by atoms with Gasteiger partial charge in [-0.1, -0.05) is 29.4 Å². The summed E-state index contributed by atoms with van der Waals surface area (Å²) in [5.74, 6) is 0. The fraction of sp³-hybridized carbons (Fsp3) is 0.308. The van der Waals surface area contributed by atoms with Crippen molar-refractivity contribution in [3.05, 3.63) is 40.5 Å². The highest BCUT2D eigenvalue weighted by atomic mass is 14.6. The van der Waals surface area contributed by atoms with Crippen LogP contribution in [0.2, 0.25) is 0 Å². The monoisotopic (exact) mass is 187 g/mol. The topological polar surface area (TPSA) is 12.9 Å². The van der Waals surface area contributed by atoms with Crippen molar-refractivity contribution in [1.82, 2.24) is 4.98 Å². The highest BCUT2D eigenvalue weighted by Crippen LogP contribution is 1.87. The molecule has 1 rings (SSSR count). The molecule has 0 aliphatic rings. The van der Waals surface area contributed by atoms with E-state index in [1.807, 2.05) is 12.3 Å². The summed E-state index contributed by atoms with van der Waals surface area (Å²) in [4.78, 5) is 4.36. The van der Waals surface area contributed by atoms with Crippen LogP contribution in [0.3, 0.4) is 0 Å². The van der Waals surface area contributed by atoms with Crippen molar-refractivity contribution < 1.29 is 0 Å². The Kier molecular flexibility index (Phi) is 3.63. The summed E-state index contributed by atoms with van der Waals surface area (Å²) in [6, 6.07) is 4.06. The number of nitrogens with zero attached hydrogens (tertiary/aromatic N) is 1. The lowest BCUT2D eigenvalue weighted by molar-refractivity contribution is 1.19. The lowest BCUT2D eigenvalue weighted by Gasteiger charge is -1.92. The molecule has 0 fully saturated rings. The van der Waals surface area contributed by atoms with Gasteiger partial charge in [-0.15, -0.1) is 0 Å². The molecule has 14 heavy (non-hydrogen) atoms. The smallest absolute Gasteiger partial charge is 0.0688 e. The molecule has 0 radical (unpaired) electrons. The molecule has 0 spiro atoms. The summed E-state index contributed by atoms with van der Waals surface area (Å²) in [6.45, 7) is 8.36. The molecule has 1 aromatic heterocycles. The summed E-state index contributed by atoms with van der Waals surface area (Å²) >= 11 is 0. The first-order chi connectivity index (χ1) is 6.61. The average Bonchev–Trinajstić information content (AvgIpc) is 2.15. The summed E-state index contributed by atoms with van der Waals surface area (Å²) in [6.07, 6.45) is 6.07. The van der Waals surface area contributed by atoms with E-state index in [2.05, 4.69) is 50.9 Å². The Bertz CT molecular complexity index is 444. The Morgan fingerprint density at radius 1 is 1.21 bits per heavy atom. The van der Waals surface area contributed by atoms with Crippen molar-refractivity contribution in [2.75, 3.05) is 0 Å². The number of pyridine rings is 1. The number of hydrogen-bond acceptors (Lipinski definition) is 1. The number of hydrogen-bond donors (Lipinski definition) is 0. The van der Waals surface area contributed by atoms with Crippen LogP contribution in [-0.4, -0.2) is 4.98 Å². The third-order valence-corrected chi connectivity index (χ3v) is 1.91. The minimum absolute atomic E-state index is 1.09. The molecule has 0 N–H and O–H groups in total. The second kappa shape index (κ2) is 4.75. The molecule has 0 aromatic carbocycles. The van der Waals surface area contributed by atoms with Crippen LogP contribution in [0.5, 0.6) is 0 Å². The molecule has 0 bridgehead atoms. The van der Waals surface area contributed by atoms with E-state index < -0.39 is 0 Å². The van der Waals surface area contributed by atoms with Gasteiger partial charge in [0.25, 0.3) is 0 Å². The van der Waals surface area contributed by atoms with Gasteiger partial charge in [-0.2, -0.15) is 0 Å². The first kappa shape index (κ1) is 10.7. The fourth-order valence-corrected chi connectivity index (χ4v) is 1.23. The zero-order chi connectivity index (χ0) is 10.6. The van der Waals surface area contributed by atoms with E-state index in [0.717, 1.165) is 5.35 Å². The molecule has 0 atom stereocenters. The molecule has 1 heterocycles. The quantitative estimate of drug-likeness (QED) is 0.655. The van der Waals surface area contributed by atoms with E-state index in [4.69, 9.17) is 0 Å². The normalized spacial score (nSPS) is 11.3. The second-order valence-electron chi connectivity index (χ2n) is 3.85. The van der Waals surface area contributed by atoms with E-state index >= 15 is 0 Å². The van der Waals surface area contributed by atoms with Crippen molar-refractivity contribution in [2.24, 2.45) is 0 Å². The van der Waals surface area contributed by atoms with Gasteiger partial charge in [-0.3, -0.25) is 4.98 Å². The molecule has 1 aromatic rings. The van der Waals surface area contributed by atoms with Crippen LogP contribution in [0.1, 0.15) is 27.7 Å². The van der Waals surface area contributed by atoms with Crippen molar-refractivity contribution in [3.63, 3.8) is 0 Å². The molecule has 1 nitrogen and oxygen atoms in total. The largest absolute Gasteiger partial charge is 0.256 e. The molecule has 0 saturated carbocycles. The maximum absolute atomic E-state index is 4.36. The van der Waals surface area contributed by atoms with E-state index in [1.165, 1.54) is 16.4 Å². The Labute approximate surface area is 85.5 Å². The number of rotatable bonds is 1. The maximum Gasteiger partial charge on any atom is 0.0688 e. The van der Waals surface area contributed by atoms with Gasteiger partial charge in [0.2, 0.25) is 0 Å². The van der Waals surface area contributed by atoms with Crippen molar-refractivity contribution in [3.8, 4) is 0 Å². The summed E-state index contributed by atoms with van der Waals surface area (Å²) < 4.78 is 0. The van der Waals surface area contributed by atoms with Gasteiger partial charge in [0.15, 0.2) is 0 Å². The number of allylic oxidation sites excluding steroid dienone is 2. The van der Waals surface area contributed by atoms with Gasteiger partial charge in [0.1, 0.15) is 0 Å². The molecule has 0 unspecified atom stereocenters. The highest BCUT2D eigenvalue weighted by Gasteiger charge is 1.86. The van der Waals surface area contributed by atoms with Gasteiger partial charge in [0.05, 0.1) is 5.35 Å². The van der Waals surface area contributed by atoms with Crippen LogP contribution in [0.4, 0.5) is 0 Å². The van der Waals surface area contributed by atoms with Crippen LogP contribution < -0.4 is 10.6 Å². The van der Waals surface area contributed by atoms with Gasteiger partial charge in [-0.25, -0.2) is 0 Å². The molecule has 74 valence electrons. The zero-order valence-corrected chi connectivity index (χ0v) is 9.33. The van der Waals surface area contributed by atoms with E-state index in [1.54, 1.807) is 0 Å². The van der Waals surface area contributed by atoms with Crippen LogP contribution in [0, 0.1) is 0 Å². The SMILES string of the molecule is CC(C)=C/C=c1/cccnc1=C(C)C. The first-order valence-corrected chi connectivity index (χ1v) is 4.85. The number of aromatic nitrogens is 1. The summed E-state index contributed by atoms with van der Waals surface area (Å²) in [7, 11) is 0. The van der Waals surface area contributed by atoms with Crippen LogP contribution in [0.25, 0.3) is 11.6 Å². The van der Waals surface area contributed by atoms with E-state index in [0.29, 0.717) is 0 Å². The average molecular weight is 187 g/mol. The molecule has 0 amide bonds. The first-order valence-electron chi connectivity index (χ1n) is 4.85. The maximum atomic E-state index is 4.36. The van der Waals surface area contributed by atoms with Crippen molar-refractivity contribution in [2.45, 2.75) is 27.7 Å². The van der Waals surface area contributed by atoms with E-state index in [-0.39, 0.29) is 0 Å². The lowest BCUT2D eigenvalue weighted by atomic mass is 10.2. The van der Waals surface area contributed by atoms with Crippen LogP contribution >= 0.6 is 0 Å². The minimum Gasteiger partial charge on any atom is -0.256 e. The molecular weight excluding hydrogens is 170 g/mol. The van der Waals surface area contributed by atoms with Crippen molar-refractivity contribution >= 4 is 11.6 Å². The summed E-state index contributed by atoms with van der Waals surface area (Å²) in [5.41, 5.74) is 2.55. The molecular formula is C13H17N. The molecule has 1 heteroatoms. The minimum atomic E-state index is 1.09. The summed E-state index contributed by atoms with van der Waals surface area (Å²) in [5, 5.41) is 2.28. The standard InChI is InChI=1S/C13H17N/c1-10(2)7-8-12-6-5-9-14-13(12)11(3)4/h5-9H,1-4H3/b12-8-. The Hall–Kier alpha value is -1.37. The van der Waals surface area contributed by atoms with Gasteiger partial charge < -0.3 is 0 Å². The highest BCUT2D eigenvalue weighted by molar-refractivity contribution is 5.43. The predicted octanol–water partition coefficient (Wildman–Crippen LogP) is 2.02. The van der Waals surface area contributed by atoms with Gasteiger partial charge in [0, 0.05) is 11.4 Å². The van der Waals surface area contributed by atoms with Crippen LogP contribution in [0.15, 0.2) is 30.0 Å². The molecule has 0 aliphatic heterocycles. The third kappa shape index (κ3) is 2.84. The van der Waals surface area contributed by atoms with Gasteiger partial charge in [-0.05, 0) is 33.8 Å². The zero-order valence-electron chi connectivity index (χ0n) is 9.33. The van der Waals surface area contributed by atoms with Crippen LogP contribution in [-0.2, 0) is 0 Å². The van der Waals surface area contributed by atoms with Gasteiger partial charge >= 0.3 is 0 Å². The Morgan fingerprint density at radius 3 is 2.50 bits per heavy atom. The third-order valence-electron chi connectivity index (χ3n) is 1.91.